The maximum atomic E-state index is 12.4. The molecular formula is C18H19NO4S. The first-order chi connectivity index (χ1) is 11.5. The summed E-state index contributed by atoms with van der Waals surface area (Å²) >= 11 is 0. The van der Waals surface area contributed by atoms with Crippen molar-refractivity contribution in [1.82, 2.24) is 4.72 Å². The van der Waals surface area contributed by atoms with Gasteiger partial charge in [-0.3, -0.25) is 0 Å². The molecule has 0 spiro atoms. The van der Waals surface area contributed by atoms with Crippen LogP contribution in [-0.4, -0.2) is 25.5 Å². The van der Waals surface area contributed by atoms with Gasteiger partial charge in [-0.05, 0) is 42.2 Å². The van der Waals surface area contributed by atoms with Crippen molar-refractivity contribution >= 4 is 16.0 Å². The molecule has 1 aliphatic carbocycles. The Morgan fingerprint density at radius 2 is 1.62 bits per heavy atom. The maximum absolute atomic E-state index is 12.4. The van der Waals surface area contributed by atoms with E-state index < -0.39 is 16.0 Å². The molecule has 0 amide bonds. The molecule has 3 rings (SSSR count). The van der Waals surface area contributed by atoms with Gasteiger partial charge >= 0.3 is 5.97 Å². The van der Waals surface area contributed by atoms with Crippen LogP contribution in [0.1, 0.15) is 36.0 Å². The van der Waals surface area contributed by atoms with E-state index in [9.17, 15) is 18.3 Å². The molecule has 0 heterocycles. The Bertz CT molecular complexity index is 838. The summed E-state index contributed by atoms with van der Waals surface area (Å²) in [6.07, 6.45) is 3.86. The van der Waals surface area contributed by atoms with Gasteiger partial charge < -0.3 is 5.11 Å². The highest BCUT2D eigenvalue weighted by molar-refractivity contribution is 7.89. The summed E-state index contributed by atoms with van der Waals surface area (Å²) in [5, 5.41) is 9.26. The van der Waals surface area contributed by atoms with E-state index in [1.165, 1.54) is 18.2 Å². The minimum atomic E-state index is -3.54. The maximum Gasteiger partial charge on any atom is 0.336 e. The topological polar surface area (TPSA) is 83.5 Å². The number of benzene rings is 2. The van der Waals surface area contributed by atoms with E-state index in [4.69, 9.17) is 0 Å². The minimum absolute atomic E-state index is 0.0161. The number of hydrogen-bond donors (Lipinski definition) is 2. The zero-order valence-corrected chi connectivity index (χ0v) is 13.9. The lowest BCUT2D eigenvalue weighted by molar-refractivity contribution is 0.0697. The highest BCUT2D eigenvalue weighted by Crippen LogP contribution is 2.26. The summed E-state index contributed by atoms with van der Waals surface area (Å²) in [7, 11) is -3.54. The highest BCUT2D eigenvalue weighted by Gasteiger charge is 2.23. The van der Waals surface area contributed by atoms with Crippen LogP contribution in [-0.2, 0) is 10.0 Å². The third kappa shape index (κ3) is 3.49. The molecule has 1 fully saturated rings. The molecule has 0 saturated heterocycles. The quantitative estimate of drug-likeness (QED) is 0.871. The third-order valence-corrected chi connectivity index (χ3v) is 5.85. The second kappa shape index (κ2) is 6.75. The van der Waals surface area contributed by atoms with Gasteiger partial charge in [0.05, 0.1) is 10.5 Å². The summed E-state index contributed by atoms with van der Waals surface area (Å²) in [6, 6.07) is 13.0. The number of carbonyl (C=O) groups is 1. The van der Waals surface area contributed by atoms with Gasteiger partial charge in [0, 0.05) is 6.04 Å². The second-order valence-electron chi connectivity index (χ2n) is 5.98. The smallest absolute Gasteiger partial charge is 0.336 e. The number of aromatic carboxylic acids is 1. The number of hydrogen-bond acceptors (Lipinski definition) is 3. The molecule has 1 saturated carbocycles. The van der Waals surface area contributed by atoms with Crippen LogP contribution in [0.4, 0.5) is 0 Å². The van der Waals surface area contributed by atoms with Crippen molar-refractivity contribution in [3.8, 4) is 11.1 Å². The Balaban J connectivity index is 1.87. The fourth-order valence-electron chi connectivity index (χ4n) is 3.07. The largest absolute Gasteiger partial charge is 0.478 e. The van der Waals surface area contributed by atoms with E-state index in [2.05, 4.69) is 4.72 Å². The summed E-state index contributed by atoms with van der Waals surface area (Å²) in [5.74, 6) is -1.01. The molecule has 0 aliphatic heterocycles. The van der Waals surface area contributed by atoms with Crippen molar-refractivity contribution in [3.05, 3.63) is 54.1 Å². The molecule has 2 N–H and O–H groups in total. The fourth-order valence-corrected chi connectivity index (χ4v) is 4.37. The van der Waals surface area contributed by atoms with Crippen molar-refractivity contribution in [2.45, 2.75) is 36.6 Å². The lowest BCUT2D eigenvalue weighted by atomic mass is 10.00. The third-order valence-electron chi connectivity index (χ3n) is 4.31. The van der Waals surface area contributed by atoms with E-state index >= 15 is 0 Å². The van der Waals surface area contributed by atoms with E-state index in [0.29, 0.717) is 11.1 Å². The molecule has 0 aromatic heterocycles. The van der Waals surface area contributed by atoms with Gasteiger partial charge in [0.2, 0.25) is 10.0 Å². The molecule has 1 aliphatic rings. The summed E-state index contributed by atoms with van der Waals surface area (Å²) < 4.78 is 27.6. The van der Waals surface area contributed by atoms with Crippen LogP contribution >= 0.6 is 0 Å². The standard InChI is InChI=1S/C18H19NO4S/c20-18(21)17-8-4-3-7-16(17)13-9-11-15(12-10-13)24(22,23)19-14-5-1-2-6-14/h3-4,7-12,14,19H,1-2,5-6H2,(H,20,21). The van der Waals surface area contributed by atoms with Crippen LogP contribution < -0.4 is 4.72 Å². The van der Waals surface area contributed by atoms with Gasteiger partial charge in [0.25, 0.3) is 0 Å². The normalized spacial score (nSPS) is 15.5. The van der Waals surface area contributed by atoms with Gasteiger partial charge in [-0.1, -0.05) is 43.2 Å². The van der Waals surface area contributed by atoms with Gasteiger partial charge in [0.15, 0.2) is 0 Å². The van der Waals surface area contributed by atoms with E-state index in [1.54, 1.807) is 30.3 Å². The molecule has 0 atom stereocenters. The average molecular weight is 345 g/mol. The predicted molar refractivity (Wildman–Crippen MR) is 91.4 cm³/mol. The van der Waals surface area contributed by atoms with Crippen LogP contribution in [0.2, 0.25) is 0 Å². The van der Waals surface area contributed by atoms with Gasteiger partial charge in [0.1, 0.15) is 0 Å². The van der Waals surface area contributed by atoms with Crippen molar-refractivity contribution in [3.63, 3.8) is 0 Å². The molecule has 6 heteroatoms. The Hall–Kier alpha value is -2.18. The predicted octanol–water partition coefficient (Wildman–Crippen LogP) is 3.27. The van der Waals surface area contributed by atoms with Crippen LogP contribution in [0, 0.1) is 0 Å². The molecule has 2 aromatic carbocycles. The van der Waals surface area contributed by atoms with Gasteiger partial charge in [-0.25, -0.2) is 17.9 Å². The first kappa shape index (κ1) is 16.7. The fraction of sp³-hybridized carbons (Fsp3) is 0.278. The Kier molecular flexibility index (Phi) is 4.69. The average Bonchev–Trinajstić information content (AvgIpc) is 3.07. The summed E-state index contributed by atoms with van der Waals surface area (Å²) in [5.41, 5.74) is 1.43. The van der Waals surface area contributed by atoms with Crippen molar-refractivity contribution in [1.29, 1.82) is 0 Å². The van der Waals surface area contributed by atoms with Crippen LogP contribution in [0.15, 0.2) is 53.4 Å². The molecule has 0 bridgehead atoms. The second-order valence-corrected chi connectivity index (χ2v) is 7.69. The summed E-state index contributed by atoms with van der Waals surface area (Å²) in [6.45, 7) is 0. The van der Waals surface area contributed by atoms with Crippen LogP contribution in [0.25, 0.3) is 11.1 Å². The molecule has 24 heavy (non-hydrogen) atoms. The molecular weight excluding hydrogens is 326 g/mol. The lowest BCUT2D eigenvalue weighted by Gasteiger charge is -2.13. The van der Waals surface area contributed by atoms with Gasteiger partial charge in [-0.2, -0.15) is 0 Å². The Morgan fingerprint density at radius 3 is 2.25 bits per heavy atom. The SMILES string of the molecule is O=C(O)c1ccccc1-c1ccc(S(=O)(=O)NC2CCCC2)cc1. The number of carboxylic acid groups (broad SMARTS) is 1. The number of sulfonamides is 1. The minimum Gasteiger partial charge on any atom is -0.478 e. The van der Waals surface area contributed by atoms with Crippen LogP contribution in [0.3, 0.4) is 0 Å². The summed E-state index contributed by atoms with van der Waals surface area (Å²) in [4.78, 5) is 11.5. The Labute approximate surface area is 141 Å². The van der Waals surface area contributed by atoms with E-state index in [1.807, 2.05) is 0 Å². The first-order valence-electron chi connectivity index (χ1n) is 7.92. The number of nitrogens with one attached hydrogen (secondary N) is 1. The van der Waals surface area contributed by atoms with Crippen molar-refractivity contribution < 1.29 is 18.3 Å². The van der Waals surface area contributed by atoms with E-state index in [0.717, 1.165) is 25.7 Å². The number of carboxylic acids is 1. The Morgan fingerprint density at radius 1 is 1.00 bits per heavy atom. The van der Waals surface area contributed by atoms with Gasteiger partial charge in [-0.15, -0.1) is 0 Å². The zero-order chi connectivity index (χ0) is 17.2. The number of rotatable bonds is 5. The highest BCUT2D eigenvalue weighted by atomic mass is 32.2. The molecule has 2 aromatic rings. The van der Waals surface area contributed by atoms with Crippen LogP contribution in [0.5, 0.6) is 0 Å². The lowest BCUT2D eigenvalue weighted by Crippen LogP contribution is -2.32. The monoisotopic (exact) mass is 345 g/mol. The molecule has 0 unspecified atom stereocenters. The van der Waals surface area contributed by atoms with Crippen molar-refractivity contribution in [2.75, 3.05) is 0 Å². The molecule has 5 nitrogen and oxygen atoms in total. The van der Waals surface area contributed by atoms with E-state index in [-0.39, 0.29) is 16.5 Å². The molecule has 0 radical (unpaired) electrons. The molecule has 126 valence electrons. The van der Waals surface area contributed by atoms with Crippen molar-refractivity contribution in [2.24, 2.45) is 0 Å². The first-order valence-corrected chi connectivity index (χ1v) is 9.41. The zero-order valence-electron chi connectivity index (χ0n) is 13.1.